The summed E-state index contributed by atoms with van der Waals surface area (Å²) in [5, 5.41) is 2.40. The van der Waals surface area contributed by atoms with Crippen LogP contribution in [-0.4, -0.2) is 39.4 Å². The van der Waals surface area contributed by atoms with E-state index in [9.17, 15) is 13.2 Å². The van der Waals surface area contributed by atoms with Crippen LogP contribution >= 0.6 is 0 Å². The highest BCUT2D eigenvalue weighted by Crippen LogP contribution is 2.25. The second kappa shape index (κ2) is 7.34. The Hall–Kier alpha value is -1.56. The predicted octanol–water partition coefficient (Wildman–Crippen LogP) is 2.03. The Morgan fingerprint density at radius 3 is 2.48 bits per heavy atom. The van der Waals surface area contributed by atoms with E-state index >= 15 is 0 Å². The van der Waals surface area contributed by atoms with Gasteiger partial charge in [0.25, 0.3) is 0 Å². The molecule has 1 aliphatic rings. The van der Waals surface area contributed by atoms with Gasteiger partial charge >= 0.3 is 0 Å². The molecule has 1 fully saturated rings. The molecule has 0 unspecified atom stereocenters. The van der Waals surface area contributed by atoms with Crippen LogP contribution in [0.5, 0.6) is 0 Å². The Morgan fingerprint density at radius 2 is 1.91 bits per heavy atom. The van der Waals surface area contributed by atoms with Gasteiger partial charge < -0.3 is 10.2 Å². The lowest BCUT2D eigenvalue weighted by molar-refractivity contribution is -0.118. The van der Waals surface area contributed by atoms with Crippen LogP contribution in [0.15, 0.2) is 18.2 Å². The number of hydrogen-bond acceptors (Lipinski definition) is 4. The molecule has 0 saturated heterocycles. The van der Waals surface area contributed by atoms with E-state index in [4.69, 9.17) is 0 Å². The fourth-order valence-corrected chi connectivity index (χ4v) is 4.88. The largest absolute Gasteiger partial charge is 0.377 e. The van der Waals surface area contributed by atoms with Crippen LogP contribution in [0.25, 0.3) is 0 Å². The van der Waals surface area contributed by atoms with E-state index in [1.807, 2.05) is 44.1 Å². The standard InChI is InChI=1S/C17H26N2O3S/c1-13-10-14(8-9-16(13)19(2)3)11-18-17(20)12-23(21,22)15-6-4-5-7-15/h8-10,15H,4-7,11-12H2,1-3H3,(H,18,20). The number of anilines is 1. The van der Waals surface area contributed by atoms with Crippen molar-refractivity contribution in [3.63, 3.8) is 0 Å². The molecular weight excluding hydrogens is 312 g/mol. The van der Waals surface area contributed by atoms with E-state index in [0.29, 0.717) is 19.4 Å². The van der Waals surface area contributed by atoms with Gasteiger partial charge in [0.2, 0.25) is 5.91 Å². The Labute approximate surface area is 139 Å². The quantitative estimate of drug-likeness (QED) is 0.862. The highest BCUT2D eigenvalue weighted by atomic mass is 32.2. The van der Waals surface area contributed by atoms with Gasteiger partial charge in [0.05, 0.1) is 5.25 Å². The maximum Gasteiger partial charge on any atom is 0.235 e. The van der Waals surface area contributed by atoms with Crippen molar-refractivity contribution in [3.8, 4) is 0 Å². The number of amides is 1. The second-order valence-corrected chi connectivity index (χ2v) is 8.79. The van der Waals surface area contributed by atoms with Crippen molar-refractivity contribution in [2.75, 3.05) is 24.7 Å². The van der Waals surface area contributed by atoms with Crippen LogP contribution in [0.3, 0.4) is 0 Å². The SMILES string of the molecule is Cc1cc(CNC(=O)CS(=O)(=O)C2CCCC2)ccc1N(C)C. The molecule has 6 heteroatoms. The summed E-state index contributed by atoms with van der Waals surface area (Å²) in [6, 6.07) is 5.97. The van der Waals surface area contributed by atoms with Crippen LogP contribution in [-0.2, 0) is 21.2 Å². The third kappa shape index (κ3) is 4.70. The van der Waals surface area contributed by atoms with Crippen molar-refractivity contribution in [1.29, 1.82) is 0 Å². The summed E-state index contributed by atoms with van der Waals surface area (Å²) in [6.45, 7) is 2.37. The molecule has 0 radical (unpaired) electrons. The molecule has 0 aliphatic heterocycles. The summed E-state index contributed by atoms with van der Waals surface area (Å²) in [5.41, 5.74) is 3.23. The molecule has 0 atom stereocenters. The smallest absolute Gasteiger partial charge is 0.235 e. The Kier molecular flexibility index (Phi) is 5.68. The first-order valence-electron chi connectivity index (χ1n) is 8.05. The average molecular weight is 338 g/mol. The molecular formula is C17H26N2O3S. The van der Waals surface area contributed by atoms with E-state index in [-0.39, 0.29) is 5.25 Å². The molecule has 0 bridgehead atoms. The lowest BCUT2D eigenvalue weighted by Gasteiger charge is -2.16. The first-order valence-corrected chi connectivity index (χ1v) is 9.76. The van der Waals surface area contributed by atoms with Crippen LogP contribution in [0.1, 0.15) is 36.8 Å². The predicted molar refractivity (Wildman–Crippen MR) is 93.4 cm³/mol. The number of rotatable bonds is 6. The molecule has 2 rings (SSSR count). The van der Waals surface area contributed by atoms with E-state index in [1.54, 1.807) is 0 Å². The normalized spacial score (nSPS) is 15.6. The summed E-state index contributed by atoms with van der Waals surface area (Å²) >= 11 is 0. The number of sulfone groups is 1. The third-order valence-corrected chi connectivity index (χ3v) is 6.53. The Bertz CT molecular complexity index is 662. The topological polar surface area (TPSA) is 66.5 Å². The number of benzene rings is 1. The van der Waals surface area contributed by atoms with E-state index in [0.717, 1.165) is 29.7 Å². The number of nitrogens with one attached hydrogen (secondary N) is 1. The molecule has 23 heavy (non-hydrogen) atoms. The van der Waals surface area contributed by atoms with Gasteiger partial charge in [-0.05, 0) is 37.0 Å². The van der Waals surface area contributed by atoms with E-state index < -0.39 is 21.5 Å². The van der Waals surface area contributed by atoms with Crippen LogP contribution in [0.2, 0.25) is 0 Å². The molecule has 0 aromatic heterocycles. The van der Waals surface area contributed by atoms with Gasteiger partial charge in [0.15, 0.2) is 9.84 Å². The lowest BCUT2D eigenvalue weighted by Crippen LogP contribution is -2.33. The molecule has 0 spiro atoms. The molecule has 1 saturated carbocycles. The molecule has 0 heterocycles. The maximum absolute atomic E-state index is 12.2. The first kappa shape index (κ1) is 17.8. The van der Waals surface area contributed by atoms with Crippen molar-refractivity contribution in [3.05, 3.63) is 29.3 Å². The van der Waals surface area contributed by atoms with Crippen molar-refractivity contribution >= 4 is 21.4 Å². The molecule has 1 aromatic carbocycles. The molecule has 1 amide bonds. The highest BCUT2D eigenvalue weighted by molar-refractivity contribution is 7.92. The van der Waals surface area contributed by atoms with Gasteiger partial charge in [-0.2, -0.15) is 0 Å². The molecule has 1 N–H and O–H groups in total. The number of aryl methyl sites for hydroxylation is 1. The highest BCUT2D eigenvalue weighted by Gasteiger charge is 2.30. The van der Waals surface area contributed by atoms with Crippen LogP contribution < -0.4 is 10.2 Å². The van der Waals surface area contributed by atoms with E-state index in [1.165, 1.54) is 0 Å². The number of hydrogen-bond donors (Lipinski definition) is 1. The van der Waals surface area contributed by atoms with Crippen molar-refractivity contribution < 1.29 is 13.2 Å². The Balaban J connectivity index is 1.90. The fraction of sp³-hybridized carbons (Fsp3) is 0.588. The molecule has 5 nitrogen and oxygen atoms in total. The van der Waals surface area contributed by atoms with Gasteiger partial charge in [-0.25, -0.2) is 8.42 Å². The number of nitrogens with zero attached hydrogens (tertiary/aromatic N) is 1. The minimum Gasteiger partial charge on any atom is -0.377 e. The molecule has 1 aliphatic carbocycles. The minimum atomic E-state index is -3.31. The average Bonchev–Trinajstić information content (AvgIpc) is 2.99. The summed E-state index contributed by atoms with van der Waals surface area (Å²) < 4.78 is 24.3. The van der Waals surface area contributed by atoms with E-state index in [2.05, 4.69) is 5.32 Å². The van der Waals surface area contributed by atoms with Crippen molar-refractivity contribution in [2.24, 2.45) is 0 Å². The van der Waals surface area contributed by atoms with Gasteiger partial charge in [-0.3, -0.25) is 4.79 Å². The number of carbonyl (C=O) groups is 1. The number of carbonyl (C=O) groups excluding carboxylic acids is 1. The van der Waals surface area contributed by atoms with Gasteiger partial charge in [-0.15, -0.1) is 0 Å². The summed E-state index contributed by atoms with van der Waals surface area (Å²) in [7, 11) is 0.659. The zero-order valence-corrected chi connectivity index (χ0v) is 14.9. The van der Waals surface area contributed by atoms with Gasteiger partial charge in [-0.1, -0.05) is 25.0 Å². The second-order valence-electron chi connectivity index (χ2n) is 6.51. The van der Waals surface area contributed by atoms with Crippen molar-refractivity contribution in [1.82, 2.24) is 5.32 Å². The zero-order valence-electron chi connectivity index (χ0n) is 14.1. The lowest BCUT2D eigenvalue weighted by atomic mass is 10.1. The fourth-order valence-electron chi connectivity index (χ4n) is 3.13. The first-order chi connectivity index (χ1) is 10.8. The van der Waals surface area contributed by atoms with Crippen LogP contribution in [0, 0.1) is 6.92 Å². The summed E-state index contributed by atoms with van der Waals surface area (Å²) in [6.07, 6.45) is 3.29. The Morgan fingerprint density at radius 1 is 1.26 bits per heavy atom. The van der Waals surface area contributed by atoms with Gasteiger partial charge in [0.1, 0.15) is 5.75 Å². The zero-order chi connectivity index (χ0) is 17.0. The maximum atomic E-state index is 12.2. The van der Waals surface area contributed by atoms with Crippen molar-refractivity contribution in [2.45, 2.75) is 44.4 Å². The minimum absolute atomic E-state index is 0.324. The molecule has 128 valence electrons. The van der Waals surface area contributed by atoms with Crippen LogP contribution in [0.4, 0.5) is 5.69 Å². The third-order valence-electron chi connectivity index (χ3n) is 4.38. The summed E-state index contributed by atoms with van der Waals surface area (Å²) in [5.74, 6) is -0.807. The molecule has 1 aromatic rings. The monoisotopic (exact) mass is 338 g/mol. The van der Waals surface area contributed by atoms with Gasteiger partial charge in [0, 0.05) is 26.3 Å². The summed E-state index contributed by atoms with van der Waals surface area (Å²) in [4.78, 5) is 14.0.